The highest BCUT2D eigenvalue weighted by molar-refractivity contribution is 7.89. The van der Waals surface area contributed by atoms with Crippen LogP contribution in [0.3, 0.4) is 0 Å². The average Bonchev–Trinajstić information content (AvgIpc) is 3.18. The number of aryl methyl sites for hydroxylation is 1. The fourth-order valence-electron chi connectivity index (χ4n) is 3.75. The third kappa shape index (κ3) is 3.23. The lowest BCUT2D eigenvalue weighted by atomic mass is 10.0. The van der Waals surface area contributed by atoms with Gasteiger partial charge in [-0.15, -0.1) is 0 Å². The van der Waals surface area contributed by atoms with Crippen LogP contribution in [-0.4, -0.2) is 65.8 Å². The first-order valence-electron chi connectivity index (χ1n) is 8.76. The van der Waals surface area contributed by atoms with Gasteiger partial charge in [-0.3, -0.25) is 4.79 Å². The van der Waals surface area contributed by atoms with Gasteiger partial charge in [-0.1, -0.05) is 11.6 Å². The number of nitrogens with zero attached hydrogens (tertiary/aromatic N) is 4. The summed E-state index contributed by atoms with van der Waals surface area (Å²) in [6.45, 7) is 2.15. The van der Waals surface area contributed by atoms with E-state index in [1.807, 2.05) is 0 Å². The van der Waals surface area contributed by atoms with Crippen molar-refractivity contribution >= 4 is 27.5 Å². The Kier molecular flexibility index (Phi) is 4.76. The van der Waals surface area contributed by atoms with Crippen molar-refractivity contribution in [2.45, 2.75) is 24.0 Å². The SMILES string of the molecule is Cc1nccc(O[C@@H]2C(=O)N(C)[C@@H]3CN(S(=O)(=O)c4ccc(Cl)cc4)C[C@H]23)n1. The third-order valence-corrected chi connectivity index (χ3v) is 7.32. The summed E-state index contributed by atoms with van der Waals surface area (Å²) in [5.41, 5.74) is 0. The first-order valence-corrected chi connectivity index (χ1v) is 10.6. The predicted molar refractivity (Wildman–Crippen MR) is 101 cm³/mol. The van der Waals surface area contributed by atoms with Crippen molar-refractivity contribution in [2.24, 2.45) is 5.92 Å². The lowest BCUT2D eigenvalue weighted by molar-refractivity contribution is -0.133. The zero-order valence-electron chi connectivity index (χ0n) is 15.3. The Hall–Kier alpha value is -2.23. The fraction of sp³-hybridized carbons (Fsp3) is 0.389. The highest BCUT2D eigenvalue weighted by atomic mass is 35.5. The van der Waals surface area contributed by atoms with Gasteiger partial charge >= 0.3 is 0 Å². The molecule has 0 N–H and O–H groups in total. The van der Waals surface area contributed by atoms with Crippen LogP contribution >= 0.6 is 11.6 Å². The minimum absolute atomic E-state index is 0.171. The van der Waals surface area contributed by atoms with E-state index in [1.54, 1.807) is 43.3 Å². The van der Waals surface area contributed by atoms with Crippen molar-refractivity contribution in [3.63, 3.8) is 0 Å². The molecule has 2 aliphatic rings. The van der Waals surface area contributed by atoms with E-state index in [0.29, 0.717) is 16.7 Å². The second-order valence-corrected chi connectivity index (χ2v) is 9.31. The van der Waals surface area contributed by atoms with Crippen LogP contribution in [0.5, 0.6) is 5.88 Å². The summed E-state index contributed by atoms with van der Waals surface area (Å²) in [6, 6.07) is 7.40. The molecule has 0 bridgehead atoms. The number of hydrogen-bond donors (Lipinski definition) is 0. The van der Waals surface area contributed by atoms with Crippen LogP contribution in [0, 0.1) is 12.8 Å². The molecule has 28 heavy (non-hydrogen) atoms. The zero-order valence-corrected chi connectivity index (χ0v) is 16.9. The summed E-state index contributed by atoms with van der Waals surface area (Å²) >= 11 is 5.86. The lowest BCUT2D eigenvalue weighted by Crippen LogP contribution is -2.40. The Bertz CT molecular complexity index is 1010. The summed E-state index contributed by atoms with van der Waals surface area (Å²) in [6.07, 6.45) is 0.777. The smallest absolute Gasteiger partial charge is 0.264 e. The molecule has 0 radical (unpaired) electrons. The number of likely N-dealkylation sites (N-methyl/N-ethyl adjacent to an activating group) is 1. The molecule has 4 rings (SSSR count). The zero-order chi connectivity index (χ0) is 20.1. The van der Waals surface area contributed by atoms with E-state index in [0.717, 1.165) is 0 Å². The second kappa shape index (κ2) is 6.98. The fourth-order valence-corrected chi connectivity index (χ4v) is 5.37. The first-order chi connectivity index (χ1) is 13.3. The molecule has 3 atom stereocenters. The van der Waals surface area contributed by atoms with Crippen LogP contribution in [0.2, 0.25) is 5.02 Å². The topological polar surface area (TPSA) is 92.7 Å². The number of sulfonamides is 1. The quantitative estimate of drug-likeness (QED) is 0.738. The number of aromatic nitrogens is 2. The molecular formula is C18H19ClN4O4S. The standard InChI is InChI=1S/C18H19ClN4O4S/c1-11-20-8-7-16(21-11)27-17-14-9-23(10-15(14)22(2)18(17)24)28(25,26)13-5-3-12(19)4-6-13/h3-8,14-15,17H,9-10H2,1-2H3/t14-,15+,17-/m0/s1. The van der Waals surface area contributed by atoms with Gasteiger partial charge in [-0.05, 0) is 31.2 Å². The largest absolute Gasteiger partial charge is 0.464 e. The molecule has 1 aromatic carbocycles. The van der Waals surface area contributed by atoms with Crippen LogP contribution in [-0.2, 0) is 14.8 Å². The van der Waals surface area contributed by atoms with Crippen molar-refractivity contribution in [3.05, 3.63) is 47.4 Å². The van der Waals surface area contributed by atoms with Crippen molar-refractivity contribution in [3.8, 4) is 5.88 Å². The van der Waals surface area contributed by atoms with E-state index in [4.69, 9.17) is 16.3 Å². The number of fused-ring (bicyclic) bond motifs is 1. The van der Waals surface area contributed by atoms with Gasteiger partial charge in [0.15, 0.2) is 6.10 Å². The number of rotatable bonds is 4. The van der Waals surface area contributed by atoms with E-state index in [9.17, 15) is 13.2 Å². The molecule has 1 aromatic heterocycles. The van der Waals surface area contributed by atoms with E-state index in [1.165, 1.54) is 16.4 Å². The van der Waals surface area contributed by atoms with Gasteiger partial charge in [-0.25, -0.2) is 13.4 Å². The average molecular weight is 423 g/mol. The van der Waals surface area contributed by atoms with Crippen LogP contribution in [0.25, 0.3) is 0 Å². The molecule has 1 amide bonds. The molecule has 0 saturated carbocycles. The molecule has 0 spiro atoms. The number of hydrogen-bond acceptors (Lipinski definition) is 6. The highest BCUT2D eigenvalue weighted by Crippen LogP contribution is 2.36. The van der Waals surface area contributed by atoms with Gasteiger partial charge in [0.25, 0.3) is 5.91 Å². The van der Waals surface area contributed by atoms with Gasteiger partial charge in [0.05, 0.1) is 10.9 Å². The van der Waals surface area contributed by atoms with Crippen molar-refractivity contribution in [1.82, 2.24) is 19.2 Å². The molecule has 2 saturated heterocycles. The maximum Gasteiger partial charge on any atom is 0.264 e. The molecule has 148 valence electrons. The predicted octanol–water partition coefficient (Wildman–Crippen LogP) is 1.35. The summed E-state index contributed by atoms with van der Waals surface area (Å²) < 4.78 is 33.2. The Balaban J connectivity index is 1.58. The van der Waals surface area contributed by atoms with Crippen LogP contribution < -0.4 is 4.74 Å². The van der Waals surface area contributed by atoms with E-state index < -0.39 is 16.1 Å². The Morgan fingerprint density at radius 3 is 2.57 bits per heavy atom. The maximum atomic E-state index is 13.0. The van der Waals surface area contributed by atoms with Gasteiger partial charge in [0.1, 0.15) is 5.82 Å². The molecule has 8 nitrogen and oxygen atoms in total. The number of carbonyl (C=O) groups is 1. The van der Waals surface area contributed by atoms with Gasteiger partial charge < -0.3 is 9.64 Å². The monoisotopic (exact) mass is 422 g/mol. The summed E-state index contributed by atoms with van der Waals surface area (Å²) in [5, 5.41) is 0.469. The van der Waals surface area contributed by atoms with Crippen molar-refractivity contribution < 1.29 is 17.9 Å². The molecule has 3 heterocycles. The molecule has 2 fully saturated rings. The Morgan fingerprint density at radius 1 is 1.18 bits per heavy atom. The van der Waals surface area contributed by atoms with Crippen LogP contribution in [0.1, 0.15) is 5.82 Å². The maximum absolute atomic E-state index is 13.0. The molecule has 2 aliphatic heterocycles. The number of likely N-dealkylation sites (tertiary alicyclic amines) is 1. The molecule has 0 unspecified atom stereocenters. The molecule has 10 heteroatoms. The molecule has 0 aliphatic carbocycles. The van der Waals surface area contributed by atoms with Gasteiger partial charge in [0.2, 0.25) is 15.9 Å². The minimum atomic E-state index is -3.69. The first kappa shape index (κ1) is 19.1. The molecular weight excluding hydrogens is 404 g/mol. The Labute approximate surface area is 168 Å². The third-order valence-electron chi connectivity index (χ3n) is 5.23. The highest BCUT2D eigenvalue weighted by Gasteiger charge is 2.54. The number of halogens is 1. The van der Waals surface area contributed by atoms with Gasteiger partial charge in [0, 0.05) is 43.3 Å². The minimum Gasteiger partial charge on any atom is -0.464 e. The lowest BCUT2D eigenvalue weighted by Gasteiger charge is -2.22. The number of carbonyl (C=O) groups excluding carboxylic acids is 1. The van der Waals surface area contributed by atoms with Crippen LogP contribution in [0.4, 0.5) is 0 Å². The normalized spacial score (nSPS) is 25.2. The molecule has 2 aromatic rings. The number of ether oxygens (including phenoxy) is 1. The van der Waals surface area contributed by atoms with Gasteiger partial charge in [-0.2, -0.15) is 9.29 Å². The number of amides is 1. The summed E-state index contributed by atoms with van der Waals surface area (Å²) in [4.78, 5) is 22.6. The summed E-state index contributed by atoms with van der Waals surface area (Å²) in [7, 11) is -2.01. The van der Waals surface area contributed by atoms with Crippen LogP contribution in [0.15, 0.2) is 41.4 Å². The van der Waals surface area contributed by atoms with Crippen molar-refractivity contribution in [1.29, 1.82) is 0 Å². The van der Waals surface area contributed by atoms with Crippen molar-refractivity contribution in [2.75, 3.05) is 20.1 Å². The van der Waals surface area contributed by atoms with E-state index >= 15 is 0 Å². The van der Waals surface area contributed by atoms with E-state index in [-0.39, 0.29) is 35.9 Å². The Morgan fingerprint density at radius 2 is 1.89 bits per heavy atom. The number of benzene rings is 1. The summed E-state index contributed by atoms with van der Waals surface area (Å²) in [5.74, 6) is 0.384. The second-order valence-electron chi connectivity index (χ2n) is 6.94. The van der Waals surface area contributed by atoms with E-state index in [2.05, 4.69) is 9.97 Å².